The van der Waals surface area contributed by atoms with Crippen LogP contribution in [-0.2, 0) is 0 Å². The minimum atomic E-state index is -0.177. The van der Waals surface area contributed by atoms with Gasteiger partial charge in [0, 0.05) is 24.0 Å². The maximum atomic E-state index is 11.8. The molecule has 1 N–H and O–H groups in total. The summed E-state index contributed by atoms with van der Waals surface area (Å²) in [5, 5.41) is 0. The summed E-state index contributed by atoms with van der Waals surface area (Å²) in [5.41, 5.74) is 4.35. The van der Waals surface area contributed by atoms with E-state index in [0.717, 1.165) is 5.56 Å². The predicted molar refractivity (Wildman–Crippen MR) is 59.3 cm³/mol. The molecule has 0 fully saturated rings. The summed E-state index contributed by atoms with van der Waals surface area (Å²) in [7, 11) is 0. The van der Waals surface area contributed by atoms with Crippen molar-refractivity contribution in [2.24, 2.45) is 0 Å². The second-order valence-electron chi connectivity index (χ2n) is 3.47. The largest absolute Gasteiger partial charge is 1.00 e. The molecule has 0 spiro atoms. The number of hydrogen-bond acceptors (Lipinski definition) is 2. The van der Waals surface area contributed by atoms with Crippen molar-refractivity contribution in [2.45, 2.75) is 6.92 Å². The van der Waals surface area contributed by atoms with Gasteiger partial charge < -0.3 is 12.4 Å². The fourth-order valence-electron chi connectivity index (χ4n) is 1.34. The van der Waals surface area contributed by atoms with Crippen molar-refractivity contribution in [3.8, 4) is 0 Å². The van der Waals surface area contributed by atoms with Gasteiger partial charge in [0.1, 0.15) is 0 Å². The van der Waals surface area contributed by atoms with Crippen molar-refractivity contribution in [1.82, 2.24) is 4.98 Å². The van der Waals surface area contributed by atoms with Gasteiger partial charge in [-0.25, -0.2) is 0 Å². The van der Waals surface area contributed by atoms with E-state index in [0.29, 0.717) is 5.56 Å². The molecule has 5 heteroatoms. The summed E-state index contributed by atoms with van der Waals surface area (Å²) < 4.78 is 1.63. The van der Waals surface area contributed by atoms with Crippen molar-refractivity contribution >= 4 is 5.91 Å². The lowest BCUT2D eigenvalue weighted by atomic mass is 10.3. The highest BCUT2D eigenvalue weighted by Crippen LogP contribution is 1.95. The Labute approximate surface area is 106 Å². The molecule has 0 saturated heterocycles. The molecule has 0 aliphatic rings. The molecule has 1 amide bonds. The molecule has 2 rings (SSSR count). The lowest BCUT2D eigenvalue weighted by molar-refractivity contribution is -0.641. The van der Waals surface area contributed by atoms with E-state index in [1.54, 1.807) is 29.2 Å². The van der Waals surface area contributed by atoms with Gasteiger partial charge >= 0.3 is 5.91 Å². The third-order valence-electron chi connectivity index (χ3n) is 2.10. The van der Waals surface area contributed by atoms with Crippen LogP contribution < -0.4 is 22.5 Å². The van der Waals surface area contributed by atoms with Gasteiger partial charge in [-0.2, -0.15) is 0 Å². The average Bonchev–Trinajstić information content (AvgIpc) is 2.30. The number of carbonyl (C=O) groups excluding carboxylic acids is 1. The molecule has 2 aromatic heterocycles. The van der Waals surface area contributed by atoms with Gasteiger partial charge in [-0.05, 0) is 25.1 Å². The summed E-state index contributed by atoms with van der Waals surface area (Å²) in [6.45, 7) is 1.97. The lowest BCUT2D eigenvalue weighted by Gasteiger charge is -1.99. The van der Waals surface area contributed by atoms with Crippen molar-refractivity contribution in [3.63, 3.8) is 0 Å². The molecule has 17 heavy (non-hydrogen) atoms. The highest BCUT2D eigenvalue weighted by Gasteiger charge is 2.09. The number of nitrogens with zero attached hydrogens (tertiary/aromatic N) is 2. The number of halogens is 1. The van der Waals surface area contributed by atoms with Crippen LogP contribution in [-0.4, -0.2) is 10.9 Å². The minimum Gasteiger partial charge on any atom is -1.00 e. The van der Waals surface area contributed by atoms with Crippen LogP contribution in [0.5, 0.6) is 0 Å². The Morgan fingerprint density at radius 2 is 2.18 bits per heavy atom. The quantitative estimate of drug-likeness (QED) is 0.630. The van der Waals surface area contributed by atoms with Crippen LogP contribution in [0.1, 0.15) is 15.9 Å². The number of pyridine rings is 2. The second kappa shape index (κ2) is 5.96. The number of rotatable bonds is 2. The molecule has 0 bridgehead atoms. The topological polar surface area (TPSA) is 45.9 Å². The smallest absolute Gasteiger partial charge is 0.306 e. The van der Waals surface area contributed by atoms with Gasteiger partial charge in [0.05, 0.1) is 5.56 Å². The lowest BCUT2D eigenvalue weighted by Crippen LogP contribution is -3.00. The van der Waals surface area contributed by atoms with Crippen LogP contribution in [0, 0.1) is 6.92 Å². The first-order valence-corrected chi connectivity index (χ1v) is 4.95. The molecular weight excluding hydrogens is 238 g/mol. The van der Waals surface area contributed by atoms with Crippen molar-refractivity contribution in [2.75, 3.05) is 5.43 Å². The molecule has 0 aromatic carbocycles. The van der Waals surface area contributed by atoms with E-state index >= 15 is 0 Å². The number of hydrogen-bond donors (Lipinski definition) is 1. The number of aryl methyl sites for hydroxylation is 1. The Kier molecular flexibility index (Phi) is 4.60. The third kappa shape index (κ3) is 3.53. The molecule has 0 radical (unpaired) electrons. The standard InChI is InChI=1S/C12H11N3O.ClH/c1-10-4-3-7-15(9-10)14-12(16)11-5-2-6-13-8-11;/h2-9H,1H3;1H. The van der Waals surface area contributed by atoms with Crippen LogP contribution in [0.25, 0.3) is 0 Å². The van der Waals surface area contributed by atoms with Gasteiger partial charge in [-0.3, -0.25) is 9.78 Å². The summed E-state index contributed by atoms with van der Waals surface area (Å²) in [4.78, 5) is 15.6. The average molecular weight is 250 g/mol. The third-order valence-corrected chi connectivity index (χ3v) is 2.10. The fraction of sp³-hybridized carbons (Fsp3) is 0.0833. The summed E-state index contributed by atoms with van der Waals surface area (Å²) >= 11 is 0. The van der Waals surface area contributed by atoms with Gasteiger partial charge in [-0.1, -0.05) is 4.68 Å². The zero-order valence-electron chi connectivity index (χ0n) is 9.30. The first kappa shape index (κ1) is 13.1. The summed E-state index contributed by atoms with van der Waals surface area (Å²) in [5.74, 6) is -0.177. The van der Waals surface area contributed by atoms with E-state index in [4.69, 9.17) is 0 Å². The Hall–Kier alpha value is -1.94. The van der Waals surface area contributed by atoms with Crippen LogP contribution in [0.2, 0.25) is 0 Å². The fourth-order valence-corrected chi connectivity index (χ4v) is 1.34. The van der Waals surface area contributed by atoms with E-state index in [2.05, 4.69) is 10.4 Å². The minimum absolute atomic E-state index is 0. The molecule has 0 atom stereocenters. The maximum Gasteiger partial charge on any atom is 0.306 e. The molecule has 2 aromatic rings. The SMILES string of the molecule is Cc1ccc[n+](NC(=O)c2cccnc2)c1.[Cl-]. The molecule has 88 valence electrons. The normalized spacial score (nSPS) is 9.24. The van der Waals surface area contributed by atoms with Crippen LogP contribution in [0.3, 0.4) is 0 Å². The van der Waals surface area contributed by atoms with Crippen LogP contribution in [0.15, 0.2) is 49.1 Å². The maximum absolute atomic E-state index is 11.8. The highest BCUT2D eigenvalue weighted by atomic mass is 35.5. The molecule has 0 aliphatic carbocycles. The second-order valence-corrected chi connectivity index (χ2v) is 3.47. The Bertz CT molecular complexity index is 502. The highest BCUT2D eigenvalue weighted by molar-refractivity contribution is 5.98. The number of aromatic nitrogens is 2. The van der Waals surface area contributed by atoms with E-state index in [-0.39, 0.29) is 18.3 Å². The zero-order chi connectivity index (χ0) is 11.4. The molecule has 0 aliphatic heterocycles. The van der Waals surface area contributed by atoms with Crippen LogP contribution in [0.4, 0.5) is 0 Å². The van der Waals surface area contributed by atoms with Crippen molar-refractivity contribution in [1.29, 1.82) is 0 Å². The van der Waals surface area contributed by atoms with E-state index in [9.17, 15) is 4.79 Å². The van der Waals surface area contributed by atoms with Crippen molar-refractivity contribution < 1.29 is 21.9 Å². The number of nitrogens with one attached hydrogen (secondary N) is 1. The van der Waals surface area contributed by atoms with Gasteiger partial charge in [0.2, 0.25) is 6.20 Å². The van der Waals surface area contributed by atoms with E-state index in [1.807, 2.05) is 25.3 Å². The van der Waals surface area contributed by atoms with Gasteiger partial charge in [0.25, 0.3) is 0 Å². The first-order chi connectivity index (χ1) is 7.75. The summed E-state index contributed by atoms with van der Waals surface area (Å²) in [6.07, 6.45) is 6.79. The Balaban J connectivity index is 0.00000144. The Morgan fingerprint density at radius 1 is 1.35 bits per heavy atom. The van der Waals surface area contributed by atoms with Gasteiger partial charge in [0.15, 0.2) is 6.20 Å². The number of amides is 1. The zero-order valence-corrected chi connectivity index (χ0v) is 10.1. The molecular formula is C12H12ClN3O. The van der Waals surface area contributed by atoms with Gasteiger partial charge in [-0.15, -0.1) is 5.43 Å². The Morgan fingerprint density at radius 3 is 2.82 bits per heavy atom. The molecule has 4 nitrogen and oxygen atoms in total. The van der Waals surface area contributed by atoms with Crippen molar-refractivity contribution in [3.05, 3.63) is 60.2 Å². The molecule has 2 heterocycles. The number of carbonyl (C=O) groups is 1. The molecule has 0 saturated carbocycles. The van der Waals surface area contributed by atoms with E-state index in [1.165, 1.54) is 6.20 Å². The monoisotopic (exact) mass is 249 g/mol. The van der Waals surface area contributed by atoms with E-state index < -0.39 is 0 Å². The summed E-state index contributed by atoms with van der Waals surface area (Å²) in [6, 6.07) is 7.29. The predicted octanol–water partition coefficient (Wildman–Crippen LogP) is -1.93. The first-order valence-electron chi connectivity index (χ1n) is 4.95. The molecule has 0 unspecified atom stereocenters. The van der Waals surface area contributed by atoms with Crippen LogP contribution >= 0.6 is 0 Å².